The van der Waals surface area contributed by atoms with Gasteiger partial charge < -0.3 is 20.1 Å². The van der Waals surface area contributed by atoms with E-state index in [-0.39, 0.29) is 36.1 Å². The highest BCUT2D eigenvalue weighted by Crippen LogP contribution is 2.09. The standard InChI is InChI=1S/C15H26N4O2.HI/c1-11(2)21-14-7-6-13(8-17-14)9-18-15(16-4)19-12(3)10-20-5;/h6-8,11-12H,9-10H2,1-5H3,(H2,16,18,19);1H. The third-order valence-electron chi connectivity index (χ3n) is 2.64. The van der Waals surface area contributed by atoms with Gasteiger partial charge in [0.1, 0.15) is 0 Å². The van der Waals surface area contributed by atoms with Gasteiger partial charge in [-0.25, -0.2) is 4.98 Å². The van der Waals surface area contributed by atoms with Crippen LogP contribution in [0, 0.1) is 0 Å². The van der Waals surface area contributed by atoms with Crippen LogP contribution >= 0.6 is 24.0 Å². The number of ether oxygens (including phenoxy) is 2. The summed E-state index contributed by atoms with van der Waals surface area (Å²) in [5.74, 6) is 1.38. The van der Waals surface area contributed by atoms with Crippen LogP contribution in [0.15, 0.2) is 23.3 Å². The summed E-state index contributed by atoms with van der Waals surface area (Å²) in [6, 6.07) is 4.06. The van der Waals surface area contributed by atoms with Crippen molar-refractivity contribution in [3.05, 3.63) is 23.9 Å². The molecular formula is C15H27IN4O2. The van der Waals surface area contributed by atoms with E-state index in [0.29, 0.717) is 19.0 Å². The van der Waals surface area contributed by atoms with Gasteiger partial charge in [0.15, 0.2) is 5.96 Å². The minimum atomic E-state index is 0. The van der Waals surface area contributed by atoms with Crippen LogP contribution in [0.4, 0.5) is 0 Å². The smallest absolute Gasteiger partial charge is 0.213 e. The number of methoxy groups -OCH3 is 1. The molecule has 126 valence electrons. The van der Waals surface area contributed by atoms with Gasteiger partial charge in [0, 0.05) is 39.0 Å². The number of aliphatic imine (C=N–C) groups is 1. The Morgan fingerprint density at radius 2 is 2.05 bits per heavy atom. The molecule has 1 aromatic heterocycles. The maximum absolute atomic E-state index is 5.51. The zero-order valence-corrected chi connectivity index (χ0v) is 16.3. The van der Waals surface area contributed by atoms with Gasteiger partial charge in [-0.15, -0.1) is 24.0 Å². The van der Waals surface area contributed by atoms with Crippen molar-refractivity contribution in [3.63, 3.8) is 0 Å². The fourth-order valence-electron chi connectivity index (χ4n) is 1.73. The lowest BCUT2D eigenvalue weighted by Gasteiger charge is -2.17. The zero-order valence-electron chi connectivity index (χ0n) is 13.9. The van der Waals surface area contributed by atoms with E-state index in [1.165, 1.54) is 0 Å². The third-order valence-corrected chi connectivity index (χ3v) is 2.64. The van der Waals surface area contributed by atoms with Crippen LogP contribution < -0.4 is 15.4 Å². The molecule has 0 bridgehead atoms. The molecule has 0 aromatic carbocycles. The molecule has 1 heterocycles. The first-order valence-electron chi connectivity index (χ1n) is 7.12. The molecule has 6 nitrogen and oxygen atoms in total. The van der Waals surface area contributed by atoms with Crippen LogP contribution in [-0.4, -0.2) is 43.9 Å². The highest BCUT2D eigenvalue weighted by Gasteiger charge is 2.05. The van der Waals surface area contributed by atoms with Crippen LogP contribution in [0.25, 0.3) is 0 Å². The molecular weight excluding hydrogens is 395 g/mol. The second-order valence-electron chi connectivity index (χ2n) is 5.10. The molecule has 0 spiro atoms. The summed E-state index contributed by atoms with van der Waals surface area (Å²) in [5, 5.41) is 6.48. The van der Waals surface area contributed by atoms with Crippen LogP contribution in [0.5, 0.6) is 5.88 Å². The second-order valence-corrected chi connectivity index (χ2v) is 5.10. The van der Waals surface area contributed by atoms with E-state index < -0.39 is 0 Å². The summed E-state index contributed by atoms with van der Waals surface area (Å²) >= 11 is 0. The number of nitrogens with one attached hydrogen (secondary N) is 2. The van der Waals surface area contributed by atoms with Crippen molar-refractivity contribution < 1.29 is 9.47 Å². The third kappa shape index (κ3) is 8.38. The highest BCUT2D eigenvalue weighted by molar-refractivity contribution is 14.0. The van der Waals surface area contributed by atoms with E-state index in [0.717, 1.165) is 11.5 Å². The van der Waals surface area contributed by atoms with Gasteiger partial charge in [0.25, 0.3) is 0 Å². The number of hydrogen-bond donors (Lipinski definition) is 2. The molecule has 7 heteroatoms. The Kier molecular flexibility index (Phi) is 10.9. The number of nitrogens with zero attached hydrogens (tertiary/aromatic N) is 2. The molecule has 22 heavy (non-hydrogen) atoms. The van der Waals surface area contributed by atoms with Crippen LogP contribution in [0.3, 0.4) is 0 Å². The van der Waals surface area contributed by atoms with Crippen LogP contribution in [0.2, 0.25) is 0 Å². The Balaban J connectivity index is 0.00000441. The lowest BCUT2D eigenvalue weighted by Crippen LogP contribution is -2.43. The van der Waals surface area contributed by atoms with Gasteiger partial charge >= 0.3 is 0 Å². The van der Waals surface area contributed by atoms with Crippen LogP contribution in [-0.2, 0) is 11.3 Å². The summed E-state index contributed by atoms with van der Waals surface area (Å²) < 4.78 is 10.6. The van der Waals surface area contributed by atoms with E-state index in [2.05, 4.69) is 20.6 Å². The quantitative estimate of drug-likeness (QED) is 0.401. The summed E-state index contributed by atoms with van der Waals surface area (Å²) in [5.41, 5.74) is 1.06. The molecule has 1 atom stereocenters. The molecule has 1 aromatic rings. The average molecular weight is 422 g/mol. The second kappa shape index (κ2) is 11.5. The average Bonchev–Trinajstić information content (AvgIpc) is 2.44. The lowest BCUT2D eigenvalue weighted by atomic mass is 10.3. The molecule has 1 rings (SSSR count). The summed E-state index contributed by atoms with van der Waals surface area (Å²) in [6.07, 6.45) is 1.93. The fraction of sp³-hybridized carbons (Fsp3) is 0.600. The zero-order chi connectivity index (χ0) is 15.7. The predicted octanol–water partition coefficient (Wildman–Crippen LogP) is 2.19. The molecule has 0 saturated carbocycles. The predicted molar refractivity (Wildman–Crippen MR) is 100 cm³/mol. The van der Waals surface area contributed by atoms with Gasteiger partial charge in [-0.2, -0.15) is 0 Å². The minimum absolute atomic E-state index is 0. The van der Waals surface area contributed by atoms with Crippen molar-refractivity contribution in [3.8, 4) is 5.88 Å². The van der Waals surface area contributed by atoms with Gasteiger partial charge in [0.2, 0.25) is 5.88 Å². The number of pyridine rings is 1. The van der Waals surface area contributed by atoms with Crippen molar-refractivity contribution in [2.75, 3.05) is 20.8 Å². The first-order chi connectivity index (χ1) is 10.0. The Hall–Kier alpha value is -1.09. The topological polar surface area (TPSA) is 67.8 Å². The number of hydrogen-bond acceptors (Lipinski definition) is 4. The van der Waals surface area contributed by atoms with E-state index >= 15 is 0 Å². The van der Waals surface area contributed by atoms with E-state index in [4.69, 9.17) is 9.47 Å². The molecule has 1 unspecified atom stereocenters. The maximum atomic E-state index is 5.51. The molecule has 0 fully saturated rings. The Morgan fingerprint density at radius 3 is 2.55 bits per heavy atom. The Labute approximate surface area is 150 Å². The number of guanidine groups is 1. The number of halogens is 1. The summed E-state index contributed by atoms with van der Waals surface area (Å²) in [4.78, 5) is 8.45. The van der Waals surface area contributed by atoms with Gasteiger partial charge in [-0.3, -0.25) is 4.99 Å². The molecule has 0 radical (unpaired) electrons. The molecule has 0 aliphatic heterocycles. The van der Waals surface area contributed by atoms with E-state index in [1.807, 2.05) is 32.9 Å². The molecule has 2 N–H and O–H groups in total. The lowest BCUT2D eigenvalue weighted by molar-refractivity contribution is 0.179. The minimum Gasteiger partial charge on any atom is -0.475 e. The van der Waals surface area contributed by atoms with E-state index in [9.17, 15) is 0 Å². The summed E-state index contributed by atoms with van der Waals surface area (Å²) in [6.45, 7) is 7.27. The molecule has 0 saturated heterocycles. The number of rotatable bonds is 7. The van der Waals surface area contributed by atoms with Crippen molar-refractivity contribution in [1.29, 1.82) is 0 Å². The molecule has 0 amide bonds. The highest BCUT2D eigenvalue weighted by atomic mass is 127. The van der Waals surface area contributed by atoms with Gasteiger partial charge in [0.05, 0.1) is 12.7 Å². The van der Waals surface area contributed by atoms with Crippen molar-refractivity contribution in [1.82, 2.24) is 15.6 Å². The first-order valence-corrected chi connectivity index (χ1v) is 7.12. The first kappa shape index (κ1) is 20.9. The normalized spacial score (nSPS) is 12.5. The van der Waals surface area contributed by atoms with Crippen LogP contribution in [0.1, 0.15) is 26.3 Å². The maximum Gasteiger partial charge on any atom is 0.213 e. The van der Waals surface area contributed by atoms with Crippen molar-refractivity contribution in [2.45, 2.75) is 39.5 Å². The monoisotopic (exact) mass is 422 g/mol. The molecule has 0 aliphatic carbocycles. The Morgan fingerprint density at radius 1 is 1.32 bits per heavy atom. The Bertz CT molecular complexity index is 438. The van der Waals surface area contributed by atoms with Gasteiger partial charge in [-0.1, -0.05) is 6.07 Å². The van der Waals surface area contributed by atoms with E-state index in [1.54, 1.807) is 20.4 Å². The van der Waals surface area contributed by atoms with Gasteiger partial charge in [-0.05, 0) is 26.3 Å². The fourth-order valence-corrected chi connectivity index (χ4v) is 1.73. The number of aromatic nitrogens is 1. The SMILES string of the molecule is CN=C(NCc1ccc(OC(C)C)nc1)NC(C)COC.I. The summed E-state index contributed by atoms with van der Waals surface area (Å²) in [7, 11) is 3.42. The largest absolute Gasteiger partial charge is 0.475 e. The van der Waals surface area contributed by atoms with Crippen molar-refractivity contribution >= 4 is 29.9 Å². The van der Waals surface area contributed by atoms with Crippen molar-refractivity contribution in [2.24, 2.45) is 4.99 Å². The molecule has 0 aliphatic rings.